The zero-order valence-corrected chi connectivity index (χ0v) is 14.6. The highest BCUT2D eigenvalue weighted by molar-refractivity contribution is 6.09. The highest BCUT2D eigenvalue weighted by Crippen LogP contribution is 2.42. The van der Waals surface area contributed by atoms with Crippen molar-refractivity contribution in [2.75, 3.05) is 0 Å². The van der Waals surface area contributed by atoms with Crippen molar-refractivity contribution in [1.82, 2.24) is 9.55 Å². The van der Waals surface area contributed by atoms with Crippen LogP contribution in [0.4, 0.5) is 4.39 Å². The topological polar surface area (TPSA) is 82.1 Å². The summed E-state index contributed by atoms with van der Waals surface area (Å²) < 4.78 is 14.6. The fourth-order valence-electron chi connectivity index (χ4n) is 3.47. The SMILES string of the molecule is Cn1cc2c(CC#N)c3cc(Cc4ccc(F)cc4)cnc3c(O)c2c1O. The van der Waals surface area contributed by atoms with E-state index >= 15 is 0 Å². The Balaban J connectivity index is 1.94. The lowest BCUT2D eigenvalue weighted by Gasteiger charge is -2.10. The molecule has 0 radical (unpaired) electrons. The van der Waals surface area contributed by atoms with Gasteiger partial charge in [0.25, 0.3) is 0 Å². The number of aryl methyl sites for hydroxylation is 1. The van der Waals surface area contributed by atoms with E-state index in [-0.39, 0.29) is 23.9 Å². The van der Waals surface area contributed by atoms with Crippen molar-refractivity contribution >= 4 is 21.7 Å². The van der Waals surface area contributed by atoms with Crippen LogP contribution in [0.1, 0.15) is 16.7 Å². The number of halogens is 1. The van der Waals surface area contributed by atoms with Crippen molar-refractivity contribution in [3.05, 3.63) is 65.2 Å². The molecule has 0 aliphatic carbocycles. The summed E-state index contributed by atoms with van der Waals surface area (Å²) in [4.78, 5) is 4.38. The molecular weight excluding hydrogens is 345 g/mol. The molecule has 27 heavy (non-hydrogen) atoms. The molecule has 0 unspecified atom stereocenters. The van der Waals surface area contributed by atoms with E-state index in [1.807, 2.05) is 6.07 Å². The third kappa shape index (κ3) is 2.74. The number of phenolic OH excluding ortho intramolecular Hbond substituents is 1. The van der Waals surface area contributed by atoms with E-state index in [0.717, 1.165) is 11.1 Å². The van der Waals surface area contributed by atoms with Gasteiger partial charge in [0.1, 0.15) is 11.3 Å². The first kappa shape index (κ1) is 16.9. The maximum absolute atomic E-state index is 13.1. The van der Waals surface area contributed by atoms with E-state index in [4.69, 9.17) is 0 Å². The van der Waals surface area contributed by atoms with Gasteiger partial charge >= 0.3 is 0 Å². The van der Waals surface area contributed by atoms with Gasteiger partial charge < -0.3 is 14.8 Å². The molecule has 4 aromatic rings. The van der Waals surface area contributed by atoms with Gasteiger partial charge in [0, 0.05) is 30.2 Å². The molecule has 0 fully saturated rings. The number of benzene rings is 2. The smallest absolute Gasteiger partial charge is 0.202 e. The quantitative estimate of drug-likeness (QED) is 0.579. The summed E-state index contributed by atoms with van der Waals surface area (Å²) in [6, 6.07) is 10.3. The normalized spacial score (nSPS) is 11.1. The van der Waals surface area contributed by atoms with Crippen LogP contribution in [-0.2, 0) is 19.9 Å². The summed E-state index contributed by atoms with van der Waals surface area (Å²) in [6.07, 6.45) is 4.02. The Bertz CT molecular complexity index is 1220. The maximum Gasteiger partial charge on any atom is 0.202 e. The Morgan fingerprint density at radius 2 is 1.89 bits per heavy atom. The predicted molar refractivity (Wildman–Crippen MR) is 100 cm³/mol. The summed E-state index contributed by atoms with van der Waals surface area (Å²) in [5, 5.41) is 31.8. The van der Waals surface area contributed by atoms with Crippen LogP contribution in [0, 0.1) is 17.1 Å². The average molecular weight is 361 g/mol. The monoisotopic (exact) mass is 361 g/mol. The molecule has 0 aliphatic rings. The standard InChI is InChI=1S/C21H16FN3O2/c1-25-11-17-15(6-7-23)16-9-13(8-12-2-4-14(22)5-3-12)10-24-19(16)20(26)18(17)21(25)27/h2-5,9-11,26-27H,6,8H2,1H3. The van der Waals surface area contributed by atoms with Crippen LogP contribution in [0.3, 0.4) is 0 Å². The number of phenols is 1. The molecule has 2 aromatic heterocycles. The first-order valence-corrected chi connectivity index (χ1v) is 8.41. The lowest BCUT2D eigenvalue weighted by atomic mass is 9.97. The van der Waals surface area contributed by atoms with Gasteiger partial charge in [-0.25, -0.2) is 4.39 Å². The molecule has 0 spiro atoms. The molecule has 0 amide bonds. The number of nitrogens with zero attached hydrogens (tertiary/aromatic N) is 3. The summed E-state index contributed by atoms with van der Waals surface area (Å²) in [5.74, 6) is -0.461. The van der Waals surface area contributed by atoms with Crippen LogP contribution in [0.15, 0.2) is 42.7 Å². The minimum Gasteiger partial charge on any atom is -0.505 e. The first-order valence-electron chi connectivity index (χ1n) is 8.41. The zero-order valence-electron chi connectivity index (χ0n) is 14.6. The molecule has 2 aromatic carbocycles. The van der Waals surface area contributed by atoms with E-state index in [1.165, 1.54) is 16.7 Å². The first-order chi connectivity index (χ1) is 13.0. The molecular formula is C21H16FN3O2. The zero-order chi connectivity index (χ0) is 19.1. The number of aromatic hydroxyl groups is 2. The Labute approximate surface area is 154 Å². The minimum absolute atomic E-state index is 0.0687. The van der Waals surface area contributed by atoms with Crippen LogP contribution in [-0.4, -0.2) is 19.8 Å². The molecule has 6 heteroatoms. The number of hydrogen-bond donors (Lipinski definition) is 2. The van der Waals surface area contributed by atoms with E-state index in [0.29, 0.717) is 33.7 Å². The highest BCUT2D eigenvalue weighted by Gasteiger charge is 2.20. The van der Waals surface area contributed by atoms with Gasteiger partial charge in [0.2, 0.25) is 5.88 Å². The Kier molecular flexibility index (Phi) is 3.93. The lowest BCUT2D eigenvalue weighted by Crippen LogP contribution is -1.94. The van der Waals surface area contributed by atoms with E-state index in [9.17, 15) is 19.9 Å². The maximum atomic E-state index is 13.1. The van der Waals surface area contributed by atoms with Crippen molar-refractivity contribution in [1.29, 1.82) is 5.26 Å². The van der Waals surface area contributed by atoms with Gasteiger partial charge in [-0.1, -0.05) is 12.1 Å². The van der Waals surface area contributed by atoms with Gasteiger partial charge in [0.05, 0.1) is 17.9 Å². The third-order valence-electron chi connectivity index (χ3n) is 4.78. The van der Waals surface area contributed by atoms with E-state index < -0.39 is 0 Å². The molecule has 0 aliphatic heterocycles. The Morgan fingerprint density at radius 3 is 2.59 bits per heavy atom. The molecule has 0 bridgehead atoms. The van der Waals surface area contributed by atoms with Crippen LogP contribution in [0.2, 0.25) is 0 Å². The second-order valence-corrected chi connectivity index (χ2v) is 6.56. The molecule has 0 atom stereocenters. The fourth-order valence-corrected chi connectivity index (χ4v) is 3.47. The average Bonchev–Trinajstić information content (AvgIpc) is 2.95. The molecule has 0 saturated carbocycles. The third-order valence-corrected chi connectivity index (χ3v) is 4.78. The number of fused-ring (bicyclic) bond motifs is 2. The summed E-state index contributed by atoms with van der Waals surface area (Å²) >= 11 is 0. The van der Waals surface area contributed by atoms with Crippen LogP contribution >= 0.6 is 0 Å². The molecule has 0 saturated heterocycles. The van der Waals surface area contributed by atoms with Crippen LogP contribution in [0.25, 0.3) is 21.7 Å². The minimum atomic E-state index is -0.289. The molecule has 2 heterocycles. The largest absolute Gasteiger partial charge is 0.505 e. The molecule has 4 rings (SSSR count). The molecule has 134 valence electrons. The summed E-state index contributed by atoms with van der Waals surface area (Å²) in [6.45, 7) is 0. The van der Waals surface area contributed by atoms with Crippen molar-refractivity contribution in [2.45, 2.75) is 12.8 Å². The second-order valence-electron chi connectivity index (χ2n) is 6.56. The lowest BCUT2D eigenvalue weighted by molar-refractivity contribution is 0.432. The van der Waals surface area contributed by atoms with Gasteiger partial charge in [-0.2, -0.15) is 5.26 Å². The van der Waals surface area contributed by atoms with Gasteiger partial charge in [-0.15, -0.1) is 0 Å². The van der Waals surface area contributed by atoms with E-state index in [1.54, 1.807) is 31.6 Å². The van der Waals surface area contributed by atoms with Gasteiger partial charge in [-0.3, -0.25) is 4.98 Å². The second kappa shape index (κ2) is 6.29. The number of nitriles is 1. The van der Waals surface area contributed by atoms with Crippen LogP contribution in [0.5, 0.6) is 11.6 Å². The number of aromatic nitrogens is 2. The summed E-state index contributed by atoms with van der Waals surface area (Å²) in [5.41, 5.74) is 2.87. The fraction of sp³-hybridized carbons (Fsp3) is 0.143. The van der Waals surface area contributed by atoms with Crippen LogP contribution < -0.4 is 0 Å². The highest BCUT2D eigenvalue weighted by atomic mass is 19.1. The van der Waals surface area contributed by atoms with Gasteiger partial charge in [0.15, 0.2) is 5.75 Å². The number of hydrogen-bond acceptors (Lipinski definition) is 4. The number of pyridine rings is 1. The van der Waals surface area contributed by atoms with Crippen molar-refractivity contribution < 1.29 is 14.6 Å². The summed E-state index contributed by atoms with van der Waals surface area (Å²) in [7, 11) is 1.67. The van der Waals surface area contributed by atoms with Crippen molar-refractivity contribution in [2.24, 2.45) is 7.05 Å². The molecule has 5 nitrogen and oxygen atoms in total. The number of rotatable bonds is 3. The van der Waals surface area contributed by atoms with E-state index in [2.05, 4.69) is 11.1 Å². The van der Waals surface area contributed by atoms with Gasteiger partial charge in [-0.05, 0) is 41.3 Å². The Hall–Kier alpha value is -3.59. The van der Waals surface area contributed by atoms with Crippen molar-refractivity contribution in [3.63, 3.8) is 0 Å². The van der Waals surface area contributed by atoms with Crippen molar-refractivity contribution in [3.8, 4) is 17.7 Å². The molecule has 2 N–H and O–H groups in total. The Morgan fingerprint density at radius 1 is 1.15 bits per heavy atom. The predicted octanol–water partition coefficient (Wildman–Crippen LogP) is 3.93.